The Bertz CT molecular complexity index is 935. The van der Waals surface area contributed by atoms with Crippen LogP contribution >= 0.6 is 11.3 Å². The first-order chi connectivity index (χ1) is 14.1. The molecule has 0 bridgehead atoms. The van der Waals surface area contributed by atoms with Crippen molar-refractivity contribution < 1.29 is 9.59 Å². The number of carbonyl (C=O) groups is 2. The van der Waals surface area contributed by atoms with Crippen LogP contribution in [-0.4, -0.2) is 23.8 Å². The predicted octanol–water partition coefficient (Wildman–Crippen LogP) is 4.40. The molecule has 2 fully saturated rings. The molecule has 0 aliphatic heterocycles. The zero-order valence-corrected chi connectivity index (χ0v) is 17.9. The van der Waals surface area contributed by atoms with E-state index in [2.05, 4.69) is 11.4 Å². The van der Waals surface area contributed by atoms with Gasteiger partial charge in [-0.25, -0.2) is 0 Å². The third kappa shape index (κ3) is 4.04. The van der Waals surface area contributed by atoms with Gasteiger partial charge in [0.15, 0.2) is 0 Å². The van der Waals surface area contributed by atoms with E-state index in [0.717, 1.165) is 28.3 Å². The molecule has 2 aliphatic carbocycles. The van der Waals surface area contributed by atoms with Gasteiger partial charge in [0.25, 0.3) is 0 Å². The van der Waals surface area contributed by atoms with Crippen LogP contribution in [0, 0.1) is 11.8 Å². The Balaban J connectivity index is 1.58. The van der Waals surface area contributed by atoms with Gasteiger partial charge in [0.1, 0.15) is 6.29 Å². The number of amides is 1. The molecule has 1 amide bonds. The Kier molecular flexibility index (Phi) is 6.18. The second-order valence-electron chi connectivity index (χ2n) is 8.65. The Morgan fingerprint density at radius 1 is 1.21 bits per heavy atom. The molecular weight excluding hydrogens is 384 g/mol. The monoisotopic (exact) mass is 414 g/mol. The first-order valence-electron chi connectivity index (χ1n) is 10.9. The van der Waals surface area contributed by atoms with Gasteiger partial charge in [-0.1, -0.05) is 42.7 Å². The number of hydrogen-bond acceptors (Lipinski definition) is 4. The second-order valence-corrected chi connectivity index (χ2v) is 9.61. The van der Waals surface area contributed by atoms with Crippen molar-refractivity contribution in [3.63, 3.8) is 0 Å². The molecule has 1 aromatic carbocycles. The van der Waals surface area contributed by atoms with Crippen LogP contribution in [0.3, 0.4) is 0 Å². The first kappa shape index (κ1) is 20.3. The lowest BCUT2D eigenvalue weighted by Gasteiger charge is -2.38. The normalized spacial score (nSPS) is 23.5. The van der Waals surface area contributed by atoms with Gasteiger partial charge in [-0.15, -0.1) is 0 Å². The molecule has 1 atom stereocenters. The molecule has 2 aromatic rings. The maximum Gasteiger partial charge on any atom is 0.308 e. The summed E-state index contributed by atoms with van der Waals surface area (Å²) in [6, 6.07) is 5.52. The molecule has 5 nitrogen and oxygen atoms in total. The van der Waals surface area contributed by atoms with Crippen molar-refractivity contribution in [2.24, 2.45) is 11.8 Å². The van der Waals surface area contributed by atoms with Gasteiger partial charge in [-0.3, -0.25) is 14.2 Å². The SMILES string of the molecule is CNC(=O)CCC(C=O)n1c(=O)sc2c(C3CCC(C4CCC4)CC3)cccc21. The Hall–Kier alpha value is -1.95. The standard InChI is InChI=1S/C23H30N2O3S/c1-24-21(27)13-12-18(14-26)25-20-7-3-6-19(22(20)29-23(25)28)17-10-8-16(9-11-17)15-4-2-5-15/h3,6-7,14-18H,2,4-5,8-13H2,1H3,(H,24,27). The number of carbonyl (C=O) groups excluding carboxylic acids is 2. The average molecular weight is 415 g/mol. The van der Waals surface area contributed by atoms with E-state index in [0.29, 0.717) is 12.3 Å². The van der Waals surface area contributed by atoms with Crippen LogP contribution in [0.15, 0.2) is 23.0 Å². The quantitative estimate of drug-likeness (QED) is 0.683. The highest BCUT2D eigenvalue weighted by Gasteiger charge is 2.32. The summed E-state index contributed by atoms with van der Waals surface area (Å²) in [7, 11) is 1.58. The first-order valence-corrected chi connectivity index (χ1v) is 11.7. The maximum absolute atomic E-state index is 12.8. The highest BCUT2D eigenvalue weighted by atomic mass is 32.1. The van der Waals surface area contributed by atoms with Gasteiger partial charge < -0.3 is 10.1 Å². The fourth-order valence-corrected chi connectivity index (χ4v) is 6.32. The van der Waals surface area contributed by atoms with Crippen LogP contribution in [-0.2, 0) is 9.59 Å². The Morgan fingerprint density at radius 3 is 2.55 bits per heavy atom. The minimum atomic E-state index is -0.599. The number of benzene rings is 1. The third-order valence-electron chi connectivity index (χ3n) is 7.13. The minimum Gasteiger partial charge on any atom is -0.359 e. The highest BCUT2D eigenvalue weighted by Crippen LogP contribution is 2.46. The number of thiazole rings is 1. The maximum atomic E-state index is 12.8. The second kappa shape index (κ2) is 8.82. The summed E-state index contributed by atoms with van der Waals surface area (Å²) >= 11 is 1.25. The van der Waals surface area contributed by atoms with E-state index in [9.17, 15) is 14.4 Å². The molecule has 1 unspecified atom stereocenters. The highest BCUT2D eigenvalue weighted by molar-refractivity contribution is 7.16. The lowest BCUT2D eigenvalue weighted by molar-refractivity contribution is -0.121. The van der Waals surface area contributed by atoms with Gasteiger partial charge in [0.2, 0.25) is 5.91 Å². The zero-order chi connectivity index (χ0) is 20.4. The van der Waals surface area contributed by atoms with Crippen molar-refractivity contribution in [1.82, 2.24) is 9.88 Å². The van der Waals surface area contributed by atoms with Crippen molar-refractivity contribution in [2.45, 2.75) is 69.7 Å². The number of hydrogen-bond donors (Lipinski definition) is 1. The molecule has 0 spiro atoms. The van der Waals surface area contributed by atoms with Gasteiger partial charge in [-0.05, 0) is 61.5 Å². The molecule has 1 aromatic heterocycles. The number of nitrogens with one attached hydrogen (secondary N) is 1. The van der Waals surface area contributed by atoms with Crippen LogP contribution in [0.4, 0.5) is 0 Å². The van der Waals surface area contributed by atoms with Crippen molar-refractivity contribution in [3.8, 4) is 0 Å². The van der Waals surface area contributed by atoms with E-state index in [1.807, 2.05) is 12.1 Å². The Labute approximate surface area is 175 Å². The molecule has 4 rings (SSSR count). The van der Waals surface area contributed by atoms with Gasteiger partial charge >= 0.3 is 4.87 Å². The van der Waals surface area contributed by atoms with Gasteiger partial charge in [0, 0.05) is 13.5 Å². The number of aromatic nitrogens is 1. The molecule has 0 radical (unpaired) electrons. The van der Waals surface area contributed by atoms with E-state index in [1.54, 1.807) is 11.6 Å². The van der Waals surface area contributed by atoms with Crippen LogP contribution in [0.1, 0.15) is 75.3 Å². The molecule has 1 heterocycles. The molecule has 6 heteroatoms. The largest absolute Gasteiger partial charge is 0.359 e. The van der Waals surface area contributed by atoms with Gasteiger partial charge in [-0.2, -0.15) is 0 Å². The average Bonchev–Trinajstić information content (AvgIpc) is 3.04. The van der Waals surface area contributed by atoms with Crippen LogP contribution in [0.5, 0.6) is 0 Å². The van der Waals surface area contributed by atoms with Crippen molar-refractivity contribution >= 4 is 33.7 Å². The van der Waals surface area contributed by atoms with E-state index in [4.69, 9.17) is 0 Å². The third-order valence-corrected chi connectivity index (χ3v) is 8.15. The molecular formula is C23H30N2O3S. The van der Waals surface area contributed by atoms with E-state index in [-0.39, 0.29) is 17.2 Å². The summed E-state index contributed by atoms with van der Waals surface area (Å²) < 4.78 is 2.62. The summed E-state index contributed by atoms with van der Waals surface area (Å²) in [6.45, 7) is 0. The van der Waals surface area contributed by atoms with Crippen molar-refractivity contribution in [2.75, 3.05) is 7.05 Å². The van der Waals surface area contributed by atoms with E-state index >= 15 is 0 Å². The van der Waals surface area contributed by atoms with Crippen molar-refractivity contribution in [1.29, 1.82) is 0 Å². The zero-order valence-electron chi connectivity index (χ0n) is 17.1. The molecule has 2 aliphatic rings. The summed E-state index contributed by atoms with van der Waals surface area (Å²) in [4.78, 5) is 36.0. The van der Waals surface area contributed by atoms with Crippen LogP contribution in [0.2, 0.25) is 0 Å². The van der Waals surface area contributed by atoms with E-state index in [1.165, 1.54) is 61.8 Å². The van der Waals surface area contributed by atoms with Gasteiger partial charge in [0.05, 0.1) is 16.3 Å². The molecule has 2 saturated carbocycles. The summed E-state index contributed by atoms with van der Waals surface area (Å²) in [5.41, 5.74) is 2.11. The molecule has 1 N–H and O–H groups in total. The lowest BCUT2D eigenvalue weighted by Crippen LogP contribution is -2.26. The summed E-state index contributed by atoms with van der Waals surface area (Å²) in [6.07, 6.45) is 10.6. The molecule has 29 heavy (non-hydrogen) atoms. The topological polar surface area (TPSA) is 68.2 Å². The fourth-order valence-electron chi connectivity index (χ4n) is 5.19. The van der Waals surface area contributed by atoms with Crippen molar-refractivity contribution in [3.05, 3.63) is 33.4 Å². The molecule has 0 saturated heterocycles. The van der Waals surface area contributed by atoms with E-state index < -0.39 is 6.04 Å². The van der Waals surface area contributed by atoms with Crippen LogP contribution < -0.4 is 10.2 Å². The minimum absolute atomic E-state index is 0.107. The fraction of sp³-hybridized carbons (Fsp3) is 0.609. The summed E-state index contributed by atoms with van der Waals surface area (Å²) in [5, 5.41) is 2.57. The smallest absolute Gasteiger partial charge is 0.308 e. The number of nitrogens with zero attached hydrogens (tertiary/aromatic N) is 1. The lowest BCUT2D eigenvalue weighted by atomic mass is 9.67. The number of rotatable bonds is 7. The predicted molar refractivity (Wildman–Crippen MR) is 117 cm³/mol. The Morgan fingerprint density at radius 2 is 1.93 bits per heavy atom. The molecule has 156 valence electrons. The number of fused-ring (bicyclic) bond motifs is 1. The van der Waals surface area contributed by atoms with Crippen LogP contribution in [0.25, 0.3) is 10.2 Å². The summed E-state index contributed by atoms with van der Waals surface area (Å²) in [5.74, 6) is 2.24. The number of aldehydes is 1.